The second kappa shape index (κ2) is 10.9. The Balaban J connectivity index is 0. The Morgan fingerprint density at radius 1 is 1.19 bits per heavy atom. The van der Waals surface area contributed by atoms with Crippen molar-refractivity contribution in [3.63, 3.8) is 0 Å². The van der Waals surface area contributed by atoms with Gasteiger partial charge in [-0.3, -0.25) is 14.4 Å². The molecule has 0 fully saturated rings. The Kier molecular flexibility index (Phi) is 12.2. The molecule has 0 saturated heterocycles. The molecule has 0 aliphatic carbocycles. The molecule has 0 atom stereocenters. The molecule has 0 unspecified atom stereocenters. The Bertz CT molecular complexity index is 407. The van der Waals surface area contributed by atoms with Gasteiger partial charge in [0.15, 0.2) is 0 Å². The molecule has 0 aromatic rings. The maximum absolute atomic E-state index is 11.7. The number of aliphatic hydroxyl groups is 2. The minimum Gasteiger partial charge on any atom is -0.862 e. The van der Waals surface area contributed by atoms with E-state index >= 15 is 0 Å². The van der Waals surface area contributed by atoms with Crippen LogP contribution in [-0.2, 0) is 10.1 Å². The minimum atomic E-state index is -4.20. The minimum absolute atomic E-state index is 0. The molecule has 8 nitrogen and oxygen atoms in total. The van der Waals surface area contributed by atoms with Crippen molar-refractivity contribution in [1.29, 1.82) is 0 Å². The van der Waals surface area contributed by atoms with Gasteiger partial charge in [-0.15, -0.1) is 0 Å². The van der Waals surface area contributed by atoms with Crippen LogP contribution in [0.3, 0.4) is 0 Å². The number of hydrogen-bond acceptors (Lipinski definition) is 7. The molecule has 0 rings (SSSR count). The summed E-state index contributed by atoms with van der Waals surface area (Å²) in [5.41, 5.74) is -1.19. The van der Waals surface area contributed by atoms with E-state index in [1.54, 1.807) is 4.90 Å². The van der Waals surface area contributed by atoms with Gasteiger partial charge < -0.3 is 15.3 Å². The van der Waals surface area contributed by atoms with Crippen molar-refractivity contribution in [2.24, 2.45) is 4.99 Å². The summed E-state index contributed by atoms with van der Waals surface area (Å²) < 4.78 is 30.3. The normalized spacial score (nSPS) is 13.3. The number of hydrogen-bond donors (Lipinski definition) is 3. The first-order valence-electron chi connectivity index (χ1n) is 6.24. The largest absolute Gasteiger partial charge is 1.00 e. The summed E-state index contributed by atoms with van der Waals surface area (Å²) in [4.78, 5) is 5.45. The topological polar surface area (TPSA) is 133 Å². The zero-order valence-corrected chi connectivity index (χ0v) is 15.6. The van der Waals surface area contributed by atoms with Crippen LogP contribution in [0.4, 0.5) is 0 Å². The average molecular weight is 334 g/mol. The summed E-state index contributed by atoms with van der Waals surface area (Å²) in [7, 11) is -4.20. The van der Waals surface area contributed by atoms with Gasteiger partial charge in [0.1, 0.15) is 0 Å². The summed E-state index contributed by atoms with van der Waals surface area (Å²) in [5, 5.41) is 29.3. The van der Waals surface area contributed by atoms with Gasteiger partial charge in [-0.05, 0) is 26.2 Å². The second-order valence-electron chi connectivity index (χ2n) is 5.08. The quantitative estimate of drug-likeness (QED) is 0.158. The Morgan fingerprint density at radius 3 is 2.05 bits per heavy atom. The Hall–Kier alpha value is 0.260. The zero-order valence-electron chi connectivity index (χ0n) is 12.8. The summed E-state index contributed by atoms with van der Waals surface area (Å²) in [6.07, 6.45) is 0.0505. The van der Waals surface area contributed by atoms with E-state index in [0.29, 0.717) is 19.6 Å². The van der Waals surface area contributed by atoms with E-state index in [2.05, 4.69) is 4.99 Å². The van der Waals surface area contributed by atoms with Crippen molar-refractivity contribution < 1.29 is 57.8 Å². The molecule has 3 N–H and O–H groups in total. The van der Waals surface area contributed by atoms with E-state index in [-0.39, 0.29) is 49.2 Å². The number of aliphatic hydroxyl groups excluding tert-OH is 2. The van der Waals surface area contributed by atoms with Crippen molar-refractivity contribution in [2.75, 3.05) is 38.6 Å². The number of aliphatic imine (C=N–C) groups is 1. The van der Waals surface area contributed by atoms with Crippen LogP contribution in [0, 0.1) is 0 Å². The third-order valence-corrected chi connectivity index (χ3v) is 3.51. The van der Waals surface area contributed by atoms with Crippen LogP contribution in [0.1, 0.15) is 20.3 Å². The van der Waals surface area contributed by atoms with Crippen molar-refractivity contribution in [3.8, 4) is 0 Å². The van der Waals surface area contributed by atoms with E-state index in [4.69, 9.17) is 14.8 Å². The average Bonchev–Trinajstić information content (AvgIpc) is 2.22. The molecule has 10 heteroatoms. The summed E-state index contributed by atoms with van der Waals surface area (Å²) in [6, 6.07) is 0. The van der Waals surface area contributed by atoms with E-state index in [1.165, 1.54) is 13.8 Å². The third kappa shape index (κ3) is 13.6. The zero-order chi connectivity index (χ0) is 15.8. The van der Waals surface area contributed by atoms with E-state index in [0.717, 1.165) is 0 Å². The van der Waals surface area contributed by atoms with Crippen LogP contribution in [0.5, 0.6) is 0 Å². The van der Waals surface area contributed by atoms with Crippen LogP contribution < -0.4 is 34.7 Å². The van der Waals surface area contributed by atoms with Crippen molar-refractivity contribution >= 4 is 16.0 Å². The van der Waals surface area contributed by atoms with Crippen LogP contribution in [0.15, 0.2) is 4.99 Å². The first kappa shape index (κ1) is 23.5. The Morgan fingerprint density at radius 2 is 1.67 bits per heavy atom. The van der Waals surface area contributed by atoms with E-state index in [9.17, 15) is 13.5 Å². The molecular weight excluding hydrogens is 311 g/mol. The molecule has 0 aromatic carbocycles. The fraction of sp³-hybridized carbons (Fsp3) is 0.909. The first-order valence-corrected chi connectivity index (χ1v) is 7.85. The van der Waals surface area contributed by atoms with Gasteiger partial charge in [-0.1, -0.05) is 0 Å². The fourth-order valence-corrected chi connectivity index (χ4v) is 2.70. The third-order valence-electron chi connectivity index (χ3n) is 2.44. The summed E-state index contributed by atoms with van der Waals surface area (Å²) >= 11 is 0. The summed E-state index contributed by atoms with van der Waals surface area (Å²) in [5.74, 6) is -1.11. The van der Waals surface area contributed by atoms with E-state index in [1.807, 2.05) is 0 Å². The predicted octanol–water partition coefficient (Wildman–Crippen LogP) is -4.91. The Labute approximate surface area is 147 Å². The van der Waals surface area contributed by atoms with Crippen molar-refractivity contribution in [3.05, 3.63) is 0 Å². The molecule has 0 saturated carbocycles. The van der Waals surface area contributed by atoms with Crippen LogP contribution >= 0.6 is 0 Å². The van der Waals surface area contributed by atoms with Gasteiger partial charge in [-0.2, -0.15) is 8.42 Å². The molecule has 0 amide bonds. The standard InChI is InChI=1S/C11H24N2O6S.Na/c1-11(2,9-20(17,18)19)12-10(16)3-4-13(5-7-14)6-8-15;/h14-15H,3-9H2,1-2H3,(H,12,16)(H,17,18,19);/q;+1/p-1. The van der Waals surface area contributed by atoms with Gasteiger partial charge in [-0.25, -0.2) is 0 Å². The van der Waals surface area contributed by atoms with Gasteiger partial charge in [0, 0.05) is 19.6 Å². The van der Waals surface area contributed by atoms with E-state index < -0.39 is 27.3 Å². The maximum atomic E-state index is 11.7. The SMILES string of the molecule is CC(C)(CS(=O)(=O)O)N=C([O-])CCN(CCO)CCO.[Na+]. The van der Waals surface area contributed by atoms with Gasteiger partial charge in [0.05, 0.1) is 24.5 Å². The molecule has 0 aliphatic heterocycles. The first-order chi connectivity index (χ1) is 9.09. The van der Waals surface area contributed by atoms with Crippen LogP contribution in [-0.4, -0.2) is 78.1 Å². The van der Waals surface area contributed by atoms with Gasteiger partial charge in [0.2, 0.25) is 0 Å². The molecule has 0 bridgehead atoms. The molecule has 0 aliphatic rings. The molecule has 120 valence electrons. The van der Waals surface area contributed by atoms with Crippen molar-refractivity contribution in [1.82, 2.24) is 4.90 Å². The van der Waals surface area contributed by atoms with Crippen molar-refractivity contribution in [2.45, 2.75) is 25.8 Å². The smallest absolute Gasteiger partial charge is 0.862 e. The van der Waals surface area contributed by atoms with Crippen LogP contribution in [0.2, 0.25) is 0 Å². The summed E-state index contributed by atoms with van der Waals surface area (Å²) in [6.45, 7) is 3.70. The molecule has 21 heavy (non-hydrogen) atoms. The molecule has 0 aromatic heterocycles. The van der Waals surface area contributed by atoms with Gasteiger partial charge >= 0.3 is 29.6 Å². The molecular formula is C11H23N2NaO6S. The fourth-order valence-electron chi connectivity index (χ4n) is 1.74. The maximum Gasteiger partial charge on any atom is 1.00 e. The van der Waals surface area contributed by atoms with Gasteiger partial charge in [0.25, 0.3) is 10.1 Å². The van der Waals surface area contributed by atoms with Crippen LogP contribution in [0.25, 0.3) is 0 Å². The monoisotopic (exact) mass is 334 g/mol. The molecule has 0 spiro atoms. The predicted molar refractivity (Wildman–Crippen MR) is 73.2 cm³/mol. The number of rotatable bonds is 10. The second-order valence-corrected chi connectivity index (χ2v) is 6.54. The molecule has 0 heterocycles. The molecule has 0 radical (unpaired) electrons. The number of nitrogens with zero attached hydrogens (tertiary/aromatic N) is 2.